The zero-order valence-corrected chi connectivity index (χ0v) is 17.5. The quantitative estimate of drug-likeness (QED) is 0.481. The van der Waals surface area contributed by atoms with Crippen LogP contribution in [0.2, 0.25) is 0 Å². The second-order valence-electron chi connectivity index (χ2n) is 7.53. The average Bonchev–Trinajstić information content (AvgIpc) is 3.25. The van der Waals surface area contributed by atoms with Crippen LogP contribution in [0.3, 0.4) is 0 Å². The van der Waals surface area contributed by atoms with Crippen LogP contribution < -0.4 is 20.3 Å². The summed E-state index contributed by atoms with van der Waals surface area (Å²) in [5.41, 5.74) is 0.475. The Bertz CT molecular complexity index is 1380. The first-order valence-corrected chi connectivity index (χ1v) is 10.4. The van der Waals surface area contributed by atoms with Gasteiger partial charge in [-0.1, -0.05) is 30.3 Å². The molecule has 0 bridgehead atoms. The molecule has 4 aromatic rings. The van der Waals surface area contributed by atoms with Gasteiger partial charge in [-0.15, -0.1) is 0 Å². The fourth-order valence-corrected chi connectivity index (χ4v) is 3.63. The van der Waals surface area contributed by atoms with Crippen LogP contribution in [0.4, 0.5) is 4.39 Å². The number of halogens is 1. The van der Waals surface area contributed by atoms with Gasteiger partial charge in [-0.05, 0) is 18.2 Å². The van der Waals surface area contributed by atoms with Gasteiger partial charge in [0.1, 0.15) is 24.1 Å². The topological polar surface area (TPSA) is 100 Å². The molecule has 0 saturated heterocycles. The van der Waals surface area contributed by atoms with E-state index in [-0.39, 0.29) is 37.0 Å². The smallest absolute Gasteiger partial charge is 0.264 e. The summed E-state index contributed by atoms with van der Waals surface area (Å²) in [5, 5.41) is 7.33. The Morgan fingerprint density at radius 2 is 1.94 bits per heavy atom. The minimum Gasteiger partial charge on any atom is -0.485 e. The predicted molar refractivity (Wildman–Crippen MR) is 117 cm³/mol. The summed E-state index contributed by atoms with van der Waals surface area (Å²) in [7, 11) is 0. The van der Waals surface area contributed by atoms with Crippen molar-refractivity contribution in [1.82, 2.24) is 24.6 Å². The molecule has 1 unspecified atom stereocenters. The molecule has 5 rings (SSSR count). The van der Waals surface area contributed by atoms with Crippen molar-refractivity contribution >= 4 is 16.9 Å². The van der Waals surface area contributed by atoms with E-state index in [2.05, 4.69) is 15.4 Å². The zero-order chi connectivity index (χ0) is 22.8. The molecule has 1 N–H and O–H groups in total. The SMILES string of the molecule is O=C(NCCn1ncc2c(=O)n(Cc3ccccc3F)cnc21)C1COc2ccccc2O1. The van der Waals surface area contributed by atoms with E-state index < -0.39 is 6.10 Å². The van der Waals surface area contributed by atoms with Crippen LogP contribution >= 0.6 is 0 Å². The molecular formula is C23H20FN5O4. The van der Waals surface area contributed by atoms with E-state index in [9.17, 15) is 14.0 Å². The monoisotopic (exact) mass is 449 g/mol. The molecular weight excluding hydrogens is 429 g/mol. The summed E-state index contributed by atoms with van der Waals surface area (Å²) in [4.78, 5) is 29.6. The van der Waals surface area contributed by atoms with Gasteiger partial charge in [-0.3, -0.25) is 14.2 Å². The molecule has 2 aromatic carbocycles. The Kier molecular flexibility index (Phi) is 5.47. The molecule has 0 aliphatic carbocycles. The van der Waals surface area contributed by atoms with Crippen molar-refractivity contribution in [3.05, 3.63) is 82.8 Å². The summed E-state index contributed by atoms with van der Waals surface area (Å²) in [6.07, 6.45) is 2.05. The van der Waals surface area contributed by atoms with Crippen LogP contribution in [0.1, 0.15) is 5.56 Å². The normalized spacial score (nSPS) is 14.9. The first kappa shape index (κ1) is 20.7. The van der Waals surface area contributed by atoms with Gasteiger partial charge in [0, 0.05) is 12.1 Å². The average molecular weight is 449 g/mol. The van der Waals surface area contributed by atoms with Gasteiger partial charge >= 0.3 is 0 Å². The van der Waals surface area contributed by atoms with E-state index in [0.29, 0.717) is 34.6 Å². The molecule has 1 amide bonds. The van der Waals surface area contributed by atoms with Crippen molar-refractivity contribution in [2.75, 3.05) is 13.2 Å². The van der Waals surface area contributed by atoms with Crippen LogP contribution in [0, 0.1) is 5.82 Å². The third-order valence-corrected chi connectivity index (χ3v) is 5.34. The Morgan fingerprint density at radius 3 is 2.79 bits per heavy atom. The molecule has 0 radical (unpaired) electrons. The lowest BCUT2D eigenvalue weighted by atomic mass is 10.2. The van der Waals surface area contributed by atoms with Crippen LogP contribution in [0.15, 0.2) is 65.8 Å². The predicted octanol–water partition coefficient (Wildman–Crippen LogP) is 1.74. The number of ether oxygens (including phenoxy) is 2. The number of benzene rings is 2. The van der Waals surface area contributed by atoms with Crippen molar-refractivity contribution in [1.29, 1.82) is 0 Å². The van der Waals surface area contributed by atoms with E-state index >= 15 is 0 Å². The number of aromatic nitrogens is 4. The van der Waals surface area contributed by atoms with Crippen LogP contribution in [0.25, 0.3) is 11.0 Å². The molecule has 1 atom stereocenters. The van der Waals surface area contributed by atoms with Crippen molar-refractivity contribution < 1.29 is 18.7 Å². The third-order valence-electron chi connectivity index (χ3n) is 5.34. The lowest BCUT2D eigenvalue weighted by Gasteiger charge is -2.25. The highest BCUT2D eigenvalue weighted by molar-refractivity contribution is 5.81. The van der Waals surface area contributed by atoms with Crippen molar-refractivity contribution in [2.45, 2.75) is 19.2 Å². The lowest BCUT2D eigenvalue weighted by molar-refractivity contribution is -0.130. The van der Waals surface area contributed by atoms with Gasteiger partial charge in [0.25, 0.3) is 11.5 Å². The van der Waals surface area contributed by atoms with Gasteiger partial charge in [0.05, 0.1) is 19.3 Å². The van der Waals surface area contributed by atoms with Gasteiger partial charge in [-0.2, -0.15) is 5.10 Å². The van der Waals surface area contributed by atoms with E-state index in [1.54, 1.807) is 30.3 Å². The minimum absolute atomic E-state index is 0.0717. The maximum atomic E-state index is 13.9. The van der Waals surface area contributed by atoms with Crippen molar-refractivity contribution in [3.63, 3.8) is 0 Å². The maximum absolute atomic E-state index is 13.9. The molecule has 3 heterocycles. The molecule has 168 valence electrons. The number of nitrogens with one attached hydrogen (secondary N) is 1. The number of rotatable bonds is 6. The molecule has 1 aliphatic rings. The standard InChI is InChI=1S/C23H20FN5O4/c24-17-6-2-1-5-15(17)12-28-14-26-21-16(23(28)31)11-27-29(21)10-9-25-22(30)20-13-32-18-7-3-4-8-19(18)33-20/h1-8,11,14,20H,9-10,12-13H2,(H,25,30). The number of carbonyl (C=O) groups excluding carboxylic acids is 1. The lowest BCUT2D eigenvalue weighted by Crippen LogP contribution is -2.44. The molecule has 2 aromatic heterocycles. The second kappa shape index (κ2) is 8.73. The summed E-state index contributed by atoms with van der Waals surface area (Å²) in [5.74, 6) is 0.446. The fraction of sp³-hybridized carbons (Fsp3) is 0.217. The highest BCUT2D eigenvalue weighted by Gasteiger charge is 2.27. The summed E-state index contributed by atoms with van der Waals surface area (Å²) in [6, 6.07) is 13.4. The molecule has 0 saturated carbocycles. The highest BCUT2D eigenvalue weighted by atomic mass is 19.1. The molecule has 0 fully saturated rings. The highest BCUT2D eigenvalue weighted by Crippen LogP contribution is 2.30. The summed E-state index contributed by atoms with van der Waals surface area (Å²) < 4.78 is 28.1. The number of carbonyl (C=O) groups is 1. The Balaban J connectivity index is 1.23. The Labute approximate surface area is 187 Å². The second-order valence-corrected chi connectivity index (χ2v) is 7.53. The summed E-state index contributed by atoms with van der Waals surface area (Å²) in [6.45, 7) is 0.763. The van der Waals surface area contributed by atoms with E-state index in [4.69, 9.17) is 9.47 Å². The largest absolute Gasteiger partial charge is 0.485 e. The van der Waals surface area contributed by atoms with Crippen LogP contribution in [-0.4, -0.2) is 44.5 Å². The fourth-order valence-electron chi connectivity index (χ4n) is 3.63. The Morgan fingerprint density at radius 1 is 1.15 bits per heavy atom. The van der Waals surface area contributed by atoms with E-state index in [0.717, 1.165) is 0 Å². The third kappa shape index (κ3) is 4.14. The number of para-hydroxylation sites is 2. The van der Waals surface area contributed by atoms with E-state index in [1.807, 2.05) is 12.1 Å². The van der Waals surface area contributed by atoms with Gasteiger partial charge in [0.15, 0.2) is 17.1 Å². The number of amides is 1. The van der Waals surface area contributed by atoms with Crippen LogP contribution in [-0.2, 0) is 17.9 Å². The van der Waals surface area contributed by atoms with Crippen molar-refractivity contribution in [3.8, 4) is 11.5 Å². The number of hydrogen-bond donors (Lipinski definition) is 1. The van der Waals surface area contributed by atoms with Gasteiger partial charge in [0.2, 0.25) is 6.10 Å². The number of fused-ring (bicyclic) bond motifs is 2. The van der Waals surface area contributed by atoms with Crippen LogP contribution in [0.5, 0.6) is 11.5 Å². The zero-order valence-electron chi connectivity index (χ0n) is 17.5. The molecule has 10 heteroatoms. The van der Waals surface area contributed by atoms with Crippen molar-refractivity contribution in [2.24, 2.45) is 0 Å². The maximum Gasteiger partial charge on any atom is 0.264 e. The van der Waals surface area contributed by atoms with Gasteiger partial charge < -0.3 is 14.8 Å². The first-order chi connectivity index (χ1) is 16.1. The Hall–Kier alpha value is -4.21. The number of hydrogen-bond acceptors (Lipinski definition) is 6. The minimum atomic E-state index is -0.752. The molecule has 33 heavy (non-hydrogen) atoms. The number of nitrogens with zero attached hydrogens (tertiary/aromatic N) is 4. The molecule has 0 spiro atoms. The summed E-state index contributed by atoms with van der Waals surface area (Å²) >= 11 is 0. The molecule has 1 aliphatic heterocycles. The molecule has 9 nitrogen and oxygen atoms in total. The van der Waals surface area contributed by atoms with Gasteiger partial charge in [-0.25, -0.2) is 14.1 Å². The van der Waals surface area contributed by atoms with E-state index in [1.165, 1.54) is 27.8 Å². The first-order valence-electron chi connectivity index (χ1n) is 10.4.